The Morgan fingerprint density at radius 1 is 1.38 bits per heavy atom. The third kappa shape index (κ3) is 9.47. The predicted octanol–water partition coefficient (Wildman–Crippen LogP) is 3.81. The minimum atomic E-state index is 0. The average molecular weight is 442 g/mol. The molecule has 1 unspecified atom stereocenters. The van der Waals surface area contributed by atoms with E-state index in [2.05, 4.69) is 41.8 Å². The average Bonchev–Trinajstić information content (AvgIpc) is 2.44. The Bertz CT molecular complexity index is 429. The van der Waals surface area contributed by atoms with Gasteiger partial charge in [0.15, 0.2) is 5.96 Å². The van der Waals surface area contributed by atoms with E-state index in [9.17, 15) is 0 Å². The van der Waals surface area contributed by atoms with Crippen LogP contribution in [-0.4, -0.2) is 37.1 Å². The van der Waals surface area contributed by atoms with Crippen molar-refractivity contribution in [2.75, 3.05) is 25.9 Å². The zero-order valence-electron chi connectivity index (χ0n) is 12.9. The summed E-state index contributed by atoms with van der Waals surface area (Å²) >= 11 is 7.81. The van der Waals surface area contributed by atoms with Crippen molar-refractivity contribution in [3.05, 3.63) is 34.9 Å². The van der Waals surface area contributed by atoms with Gasteiger partial charge >= 0.3 is 0 Å². The van der Waals surface area contributed by atoms with Gasteiger partial charge in [-0.1, -0.05) is 30.7 Å². The standard InChI is InChI=1S/C15H24ClN3S.HI/c1-4-17-15(19-11-12(2)20-3)18-9-8-13-6-5-7-14(16)10-13;/h5-7,10,12H,4,8-9,11H2,1-3H3,(H2,17,18,19);1H. The van der Waals surface area contributed by atoms with Crippen LogP contribution in [0, 0.1) is 0 Å². The lowest BCUT2D eigenvalue weighted by Gasteiger charge is -2.12. The van der Waals surface area contributed by atoms with E-state index in [1.54, 1.807) is 0 Å². The Morgan fingerprint density at radius 2 is 2.14 bits per heavy atom. The summed E-state index contributed by atoms with van der Waals surface area (Å²) in [7, 11) is 0. The smallest absolute Gasteiger partial charge is 0.191 e. The molecular formula is C15H25ClIN3S. The molecule has 0 aliphatic rings. The Morgan fingerprint density at radius 3 is 2.76 bits per heavy atom. The van der Waals surface area contributed by atoms with Crippen LogP contribution >= 0.6 is 47.3 Å². The molecule has 0 heterocycles. The molecule has 0 aromatic heterocycles. The van der Waals surface area contributed by atoms with Gasteiger partial charge in [-0.3, -0.25) is 4.99 Å². The quantitative estimate of drug-likeness (QED) is 0.384. The second-order valence-electron chi connectivity index (χ2n) is 4.57. The first-order chi connectivity index (χ1) is 9.65. The Balaban J connectivity index is 0.00000400. The monoisotopic (exact) mass is 441 g/mol. The molecule has 1 rings (SSSR count). The normalized spacial score (nSPS) is 12.5. The van der Waals surface area contributed by atoms with Crippen molar-refractivity contribution in [2.24, 2.45) is 4.99 Å². The highest BCUT2D eigenvalue weighted by Gasteiger charge is 2.01. The van der Waals surface area contributed by atoms with Crippen LogP contribution in [0.2, 0.25) is 5.02 Å². The second-order valence-corrected chi connectivity index (χ2v) is 6.29. The van der Waals surface area contributed by atoms with Gasteiger partial charge in [-0.2, -0.15) is 11.8 Å². The first kappa shape index (κ1) is 20.9. The molecular weight excluding hydrogens is 417 g/mol. The fourth-order valence-corrected chi connectivity index (χ4v) is 2.09. The third-order valence-corrected chi connectivity index (χ3v) is 4.04. The van der Waals surface area contributed by atoms with Crippen molar-refractivity contribution in [1.29, 1.82) is 0 Å². The van der Waals surface area contributed by atoms with Gasteiger partial charge in [-0.15, -0.1) is 24.0 Å². The van der Waals surface area contributed by atoms with E-state index >= 15 is 0 Å². The minimum absolute atomic E-state index is 0. The number of halogens is 2. The van der Waals surface area contributed by atoms with Crippen molar-refractivity contribution >= 4 is 53.3 Å². The maximum absolute atomic E-state index is 5.98. The van der Waals surface area contributed by atoms with Crippen LogP contribution in [0.4, 0.5) is 0 Å². The van der Waals surface area contributed by atoms with Gasteiger partial charge in [0, 0.05) is 23.4 Å². The first-order valence-electron chi connectivity index (χ1n) is 6.95. The van der Waals surface area contributed by atoms with E-state index in [-0.39, 0.29) is 24.0 Å². The molecule has 6 heteroatoms. The number of benzene rings is 1. The van der Waals surface area contributed by atoms with Crippen molar-refractivity contribution in [3.63, 3.8) is 0 Å². The molecule has 1 aromatic rings. The Kier molecular flexibility index (Phi) is 12.3. The van der Waals surface area contributed by atoms with E-state index in [0.717, 1.165) is 37.0 Å². The van der Waals surface area contributed by atoms with E-state index in [0.29, 0.717) is 5.25 Å². The number of aliphatic imine (C=N–C) groups is 1. The van der Waals surface area contributed by atoms with Crippen LogP contribution < -0.4 is 10.6 Å². The van der Waals surface area contributed by atoms with Crippen molar-refractivity contribution in [2.45, 2.75) is 25.5 Å². The largest absolute Gasteiger partial charge is 0.357 e. The van der Waals surface area contributed by atoms with Crippen molar-refractivity contribution in [3.8, 4) is 0 Å². The molecule has 0 amide bonds. The Labute approximate surface area is 154 Å². The van der Waals surface area contributed by atoms with Gasteiger partial charge < -0.3 is 10.6 Å². The maximum atomic E-state index is 5.98. The van der Waals surface area contributed by atoms with Gasteiger partial charge in [-0.25, -0.2) is 0 Å². The zero-order chi connectivity index (χ0) is 14.8. The summed E-state index contributed by atoms with van der Waals surface area (Å²) in [4.78, 5) is 4.58. The van der Waals surface area contributed by atoms with E-state index in [4.69, 9.17) is 11.6 Å². The molecule has 0 bridgehead atoms. The lowest BCUT2D eigenvalue weighted by Crippen LogP contribution is -2.38. The highest BCUT2D eigenvalue weighted by molar-refractivity contribution is 14.0. The van der Waals surface area contributed by atoms with Gasteiger partial charge in [0.05, 0.1) is 6.54 Å². The van der Waals surface area contributed by atoms with Crippen LogP contribution in [-0.2, 0) is 6.42 Å². The number of rotatable bonds is 7. The number of thioether (sulfide) groups is 1. The van der Waals surface area contributed by atoms with Gasteiger partial charge in [0.25, 0.3) is 0 Å². The highest BCUT2D eigenvalue weighted by Crippen LogP contribution is 2.10. The first-order valence-corrected chi connectivity index (χ1v) is 8.61. The van der Waals surface area contributed by atoms with Crippen LogP contribution in [0.3, 0.4) is 0 Å². The number of hydrogen-bond acceptors (Lipinski definition) is 2. The number of nitrogens with zero attached hydrogens (tertiary/aromatic N) is 1. The fraction of sp³-hybridized carbons (Fsp3) is 0.533. The van der Waals surface area contributed by atoms with Crippen LogP contribution in [0.1, 0.15) is 19.4 Å². The molecule has 21 heavy (non-hydrogen) atoms. The summed E-state index contributed by atoms with van der Waals surface area (Å²) in [6.45, 7) is 6.81. The molecule has 0 aliphatic carbocycles. The molecule has 0 spiro atoms. The van der Waals surface area contributed by atoms with Crippen LogP contribution in [0.15, 0.2) is 29.3 Å². The summed E-state index contributed by atoms with van der Waals surface area (Å²) in [5.41, 5.74) is 1.23. The van der Waals surface area contributed by atoms with Gasteiger partial charge in [0.1, 0.15) is 0 Å². The van der Waals surface area contributed by atoms with Gasteiger partial charge in [-0.05, 0) is 37.3 Å². The van der Waals surface area contributed by atoms with Crippen LogP contribution in [0.25, 0.3) is 0 Å². The SMILES string of the molecule is CCNC(=NCC(C)SC)NCCc1cccc(Cl)c1.I. The molecule has 2 N–H and O–H groups in total. The molecule has 0 fully saturated rings. The maximum Gasteiger partial charge on any atom is 0.191 e. The van der Waals surface area contributed by atoms with E-state index in [1.807, 2.05) is 30.0 Å². The highest BCUT2D eigenvalue weighted by atomic mass is 127. The van der Waals surface area contributed by atoms with Crippen LogP contribution in [0.5, 0.6) is 0 Å². The number of hydrogen-bond donors (Lipinski definition) is 2. The molecule has 0 aliphatic heterocycles. The molecule has 0 saturated heterocycles. The lowest BCUT2D eigenvalue weighted by molar-refractivity contribution is 0.796. The molecule has 0 radical (unpaired) electrons. The summed E-state index contributed by atoms with van der Waals surface area (Å²) in [6.07, 6.45) is 3.04. The zero-order valence-corrected chi connectivity index (χ0v) is 16.8. The minimum Gasteiger partial charge on any atom is -0.357 e. The molecule has 120 valence electrons. The topological polar surface area (TPSA) is 36.4 Å². The fourth-order valence-electron chi connectivity index (χ4n) is 1.65. The third-order valence-electron chi connectivity index (χ3n) is 2.85. The Hall–Kier alpha value is -0.140. The molecule has 1 aromatic carbocycles. The summed E-state index contributed by atoms with van der Waals surface area (Å²) in [5.74, 6) is 0.885. The lowest BCUT2D eigenvalue weighted by atomic mass is 10.1. The van der Waals surface area contributed by atoms with Gasteiger partial charge in [0.2, 0.25) is 0 Å². The van der Waals surface area contributed by atoms with Crippen molar-refractivity contribution < 1.29 is 0 Å². The van der Waals surface area contributed by atoms with Crippen molar-refractivity contribution in [1.82, 2.24) is 10.6 Å². The predicted molar refractivity (Wildman–Crippen MR) is 108 cm³/mol. The van der Waals surface area contributed by atoms with E-state index in [1.165, 1.54) is 5.56 Å². The second kappa shape index (κ2) is 12.4. The molecule has 3 nitrogen and oxygen atoms in total. The molecule has 1 atom stereocenters. The summed E-state index contributed by atoms with van der Waals surface area (Å²) in [5, 5.41) is 7.95. The summed E-state index contributed by atoms with van der Waals surface area (Å²) < 4.78 is 0. The molecule has 0 saturated carbocycles. The summed E-state index contributed by atoms with van der Waals surface area (Å²) in [6, 6.07) is 7.97. The number of guanidine groups is 1. The number of nitrogens with one attached hydrogen (secondary N) is 2. The van der Waals surface area contributed by atoms with E-state index < -0.39 is 0 Å².